The molecule has 0 heterocycles. The van der Waals surface area contributed by atoms with Crippen LogP contribution in [0.3, 0.4) is 0 Å². The second-order valence-electron chi connectivity index (χ2n) is 5.02. The molecular formula is C15H22. The molecule has 0 radical (unpaired) electrons. The summed E-state index contributed by atoms with van der Waals surface area (Å²) in [6, 6.07) is 11.0. The van der Waals surface area contributed by atoms with Crippen LogP contribution in [0, 0.1) is 11.8 Å². The monoisotopic (exact) mass is 202 g/mol. The molecule has 1 aliphatic carbocycles. The Morgan fingerprint density at radius 2 is 1.80 bits per heavy atom. The lowest BCUT2D eigenvalue weighted by Crippen LogP contribution is -2.00. The molecule has 0 heteroatoms. The highest BCUT2D eigenvalue weighted by Gasteiger charge is 2.23. The van der Waals surface area contributed by atoms with E-state index in [1.165, 1.54) is 44.1 Å². The molecule has 0 nitrogen and oxygen atoms in total. The van der Waals surface area contributed by atoms with E-state index in [0.717, 1.165) is 11.8 Å². The van der Waals surface area contributed by atoms with Crippen LogP contribution >= 0.6 is 0 Å². The quantitative estimate of drug-likeness (QED) is 0.677. The molecule has 1 aromatic rings. The van der Waals surface area contributed by atoms with Crippen molar-refractivity contribution >= 4 is 0 Å². The number of rotatable bonds is 4. The van der Waals surface area contributed by atoms with Crippen molar-refractivity contribution in [1.82, 2.24) is 0 Å². The van der Waals surface area contributed by atoms with Gasteiger partial charge in [-0.05, 0) is 36.7 Å². The second-order valence-corrected chi connectivity index (χ2v) is 5.02. The summed E-state index contributed by atoms with van der Waals surface area (Å²) in [7, 11) is 0. The molecule has 0 spiro atoms. The maximum Gasteiger partial charge on any atom is -0.0250 e. The van der Waals surface area contributed by atoms with E-state index in [4.69, 9.17) is 0 Å². The molecule has 0 aromatic heterocycles. The van der Waals surface area contributed by atoms with E-state index >= 15 is 0 Å². The van der Waals surface area contributed by atoms with Crippen molar-refractivity contribution in [3.8, 4) is 0 Å². The Morgan fingerprint density at radius 3 is 2.53 bits per heavy atom. The second kappa shape index (κ2) is 5.34. The van der Waals surface area contributed by atoms with E-state index in [1.54, 1.807) is 0 Å². The predicted molar refractivity (Wildman–Crippen MR) is 65.9 cm³/mol. The zero-order valence-corrected chi connectivity index (χ0v) is 9.78. The Kier molecular flexibility index (Phi) is 3.82. The molecule has 2 atom stereocenters. The van der Waals surface area contributed by atoms with Crippen LogP contribution in [0.1, 0.15) is 44.6 Å². The molecule has 0 bridgehead atoms. The molecule has 82 valence electrons. The summed E-state index contributed by atoms with van der Waals surface area (Å²) in [6.07, 6.45) is 8.53. The first kappa shape index (κ1) is 10.7. The molecule has 1 fully saturated rings. The molecule has 0 N–H and O–H groups in total. The van der Waals surface area contributed by atoms with Crippen molar-refractivity contribution in [3.05, 3.63) is 35.9 Å². The minimum Gasteiger partial charge on any atom is -0.0654 e. The summed E-state index contributed by atoms with van der Waals surface area (Å²) < 4.78 is 0. The zero-order valence-electron chi connectivity index (χ0n) is 9.78. The van der Waals surface area contributed by atoms with E-state index in [1.807, 2.05) is 0 Å². The zero-order chi connectivity index (χ0) is 10.5. The topological polar surface area (TPSA) is 0 Å². The predicted octanol–water partition coefficient (Wildman–Crippen LogP) is 4.45. The molecule has 2 unspecified atom stereocenters. The van der Waals surface area contributed by atoms with Gasteiger partial charge >= 0.3 is 0 Å². The lowest BCUT2D eigenvalue weighted by molar-refractivity contribution is 0.459. The van der Waals surface area contributed by atoms with Gasteiger partial charge in [0.25, 0.3) is 0 Å². The normalized spacial score (nSPS) is 25.7. The maximum atomic E-state index is 2.31. The highest BCUT2D eigenvalue weighted by Crippen LogP contribution is 2.35. The highest BCUT2D eigenvalue weighted by molar-refractivity contribution is 5.15. The van der Waals surface area contributed by atoms with E-state index in [0.29, 0.717) is 0 Å². The van der Waals surface area contributed by atoms with Gasteiger partial charge in [0, 0.05) is 0 Å². The third kappa shape index (κ3) is 3.09. The molecule has 0 saturated heterocycles. The number of hydrogen-bond acceptors (Lipinski definition) is 0. The van der Waals surface area contributed by atoms with E-state index in [-0.39, 0.29) is 0 Å². The molecule has 1 aliphatic rings. The van der Waals surface area contributed by atoms with Crippen molar-refractivity contribution < 1.29 is 0 Å². The lowest BCUT2D eigenvalue weighted by Gasteiger charge is -2.10. The molecule has 1 aromatic carbocycles. The Hall–Kier alpha value is -0.780. The standard InChI is InChI=1S/C15H22/c1-2-6-13-9-10-15(11-13)12-14-7-4-3-5-8-14/h3-5,7-8,13,15H,2,6,9-12H2,1H3. The third-order valence-electron chi connectivity index (χ3n) is 3.71. The fraction of sp³-hybridized carbons (Fsp3) is 0.600. The van der Waals surface area contributed by atoms with E-state index in [9.17, 15) is 0 Å². The Balaban J connectivity index is 1.82. The largest absolute Gasteiger partial charge is 0.0654 e. The SMILES string of the molecule is CCCC1CCC(Cc2ccccc2)C1. The Morgan fingerprint density at radius 1 is 1.07 bits per heavy atom. The molecule has 15 heavy (non-hydrogen) atoms. The number of hydrogen-bond donors (Lipinski definition) is 0. The van der Waals surface area contributed by atoms with Gasteiger partial charge in [-0.3, -0.25) is 0 Å². The van der Waals surface area contributed by atoms with Gasteiger partial charge in [0.05, 0.1) is 0 Å². The summed E-state index contributed by atoms with van der Waals surface area (Å²) in [5.74, 6) is 1.99. The molecule has 2 rings (SSSR count). The molecule has 1 saturated carbocycles. The minimum absolute atomic E-state index is 0.962. The van der Waals surface area contributed by atoms with Gasteiger partial charge in [-0.1, -0.05) is 56.5 Å². The van der Waals surface area contributed by atoms with Crippen molar-refractivity contribution in [3.63, 3.8) is 0 Å². The first-order valence-electron chi connectivity index (χ1n) is 6.42. The van der Waals surface area contributed by atoms with Gasteiger partial charge in [-0.15, -0.1) is 0 Å². The Labute approximate surface area is 93.7 Å². The fourth-order valence-corrected chi connectivity index (χ4v) is 2.98. The van der Waals surface area contributed by atoms with Gasteiger partial charge in [0.2, 0.25) is 0 Å². The summed E-state index contributed by atoms with van der Waals surface area (Å²) >= 11 is 0. The van der Waals surface area contributed by atoms with Gasteiger partial charge in [0.1, 0.15) is 0 Å². The Bertz CT molecular complexity index is 275. The van der Waals surface area contributed by atoms with Gasteiger partial charge in [0.15, 0.2) is 0 Å². The van der Waals surface area contributed by atoms with Gasteiger partial charge in [-0.25, -0.2) is 0 Å². The van der Waals surface area contributed by atoms with Crippen LogP contribution < -0.4 is 0 Å². The lowest BCUT2D eigenvalue weighted by atomic mass is 9.95. The van der Waals surface area contributed by atoms with Crippen molar-refractivity contribution in [2.45, 2.75) is 45.4 Å². The fourth-order valence-electron chi connectivity index (χ4n) is 2.98. The molecular weight excluding hydrogens is 180 g/mol. The highest BCUT2D eigenvalue weighted by atomic mass is 14.3. The van der Waals surface area contributed by atoms with Crippen molar-refractivity contribution in [2.75, 3.05) is 0 Å². The summed E-state index contributed by atoms with van der Waals surface area (Å²) in [5, 5.41) is 0. The number of benzene rings is 1. The van der Waals surface area contributed by atoms with Crippen LogP contribution in [0.5, 0.6) is 0 Å². The average Bonchev–Trinajstić information content (AvgIpc) is 2.68. The minimum atomic E-state index is 0.962. The van der Waals surface area contributed by atoms with Crippen LogP contribution in [0.2, 0.25) is 0 Å². The first-order valence-corrected chi connectivity index (χ1v) is 6.42. The van der Waals surface area contributed by atoms with Crippen molar-refractivity contribution in [1.29, 1.82) is 0 Å². The van der Waals surface area contributed by atoms with E-state index in [2.05, 4.69) is 37.3 Å². The average molecular weight is 202 g/mol. The molecule has 0 amide bonds. The summed E-state index contributed by atoms with van der Waals surface area (Å²) in [5.41, 5.74) is 1.53. The van der Waals surface area contributed by atoms with Crippen LogP contribution in [0.25, 0.3) is 0 Å². The van der Waals surface area contributed by atoms with Crippen LogP contribution in [0.4, 0.5) is 0 Å². The van der Waals surface area contributed by atoms with Crippen LogP contribution in [0.15, 0.2) is 30.3 Å². The van der Waals surface area contributed by atoms with E-state index < -0.39 is 0 Å². The van der Waals surface area contributed by atoms with Gasteiger partial charge in [-0.2, -0.15) is 0 Å². The van der Waals surface area contributed by atoms with Crippen LogP contribution in [-0.2, 0) is 6.42 Å². The maximum absolute atomic E-state index is 2.31. The first-order chi connectivity index (χ1) is 7.38. The van der Waals surface area contributed by atoms with Crippen LogP contribution in [-0.4, -0.2) is 0 Å². The van der Waals surface area contributed by atoms with Crippen molar-refractivity contribution in [2.24, 2.45) is 11.8 Å². The smallest absolute Gasteiger partial charge is 0.0250 e. The molecule has 0 aliphatic heterocycles. The summed E-state index contributed by atoms with van der Waals surface area (Å²) in [6.45, 7) is 2.31. The summed E-state index contributed by atoms with van der Waals surface area (Å²) in [4.78, 5) is 0. The third-order valence-corrected chi connectivity index (χ3v) is 3.71. The van der Waals surface area contributed by atoms with Gasteiger partial charge < -0.3 is 0 Å².